The van der Waals surface area contributed by atoms with E-state index in [1.165, 1.54) is 44.1 Å². The lowest BCUT2D eigenvalue weighted by Gasteiger charge is -2.12. The Bertz CT molecular complexity index is 184. The molecule has 0 saturated carbocycles. The SMILES string of the molecule is CCCCCC[C@@H](C)C/C(C)=C/[C@H](C)CO. The van der Waals surface area contributed by atoms with Crippen LogP contribution in [0.5, 0.6) is 0 Å². The number of aliphatic hydroxyl groups excluding tert-OH is 1. The predicted molar refractivity (Wildman–Crippen MR) is 72.5 cm³/mol. The minimum absolute atomic E-state index is 0.266. The molecule has 1 heteroatoms. The van der Waals surface area contributed by atoms with Crippen LogP contribution in [0.4, 0.5) is 0 Å². The van der Waals surface area contributed by atoms with Crippen molar-refractivity contribution in [3.05, 3.63) is 11.6 Å². The van der Waals surface area contributed by atoms with Crippen LogP contribution in [0.2, 0.25) is 0 Å². The fourth-order valence-electron chi connectivity index (χ4n) is 2.18. The minimum atomic E-state index is 0.266. The highest BCUT2D eigenvalue weighted by Crippen LogP contribution is 2.19. The monoisotopic (exact) mass is 226 g/mol. The average Bonchev–Trinajstić information content (AvgIpc) is 2.24. The average molecular weight is 226 g/mol. The maximum absolute atomic E-state index is 8.97. The predicted octanol–water partition coefficient (Wildman–Crippen LogP) is 4.56. The van der Waals surface area contributed by atoms with E-state index in [9.17, 15) is 0 Å². The summed E-state index contributed by atoms with van der Waals surface area (Å²) in [6, 6.07) is 0. The Morgan fingerprint density at radius 1 is 1.19 bits per heavy atom. The highest BCUT2D eigenvalue weighted by atomic mass is 16.3. The largest absolute Gasteiger partial charge is 0.396 e. The molecule has 0 aliphatic carbocycles. The summed E-state index contributed by atoms with van der Waals surface area (Å²) >= 11 is 0. The molecule has 0 aromatic heterocycles. The van der Waals surface area contributed by atoms with Gasteiger partial charge in [-0.2, -0.15) is 0 Å². The third-order valence-electron chi connectivity index (χ3n) is 3.08. The molecule has 1 nitrogen and oxygen atoms in total. The molecule has 0 rings (SSSR count). The second-order valence-corrected chi connectivity index (χ2v) is 5.33. The summed E-state index contributed by atoms with van der Waals surface area (Å²) in [5, 5.41) is 8.97. The van der Waals surface area contributed by atoms with Crippen molar-refractivity contribution in [1.29, 1.82) is 0 Å². The van der Waals surface area contributed by atoms with E-state index in [2.05, 4.69) is 33.8 Å². The normalized spacial score (nSPS) is 16.2. The Morgan fingerprint density at radius 3 is 2.44 bits per heavy atom. The fourth-order valence-corrected chi connectivity index (χ4v) is 2.18. The molecular formula is C15H30O. The van der Waals surface area contributed by atoms with Gasteiger partial charge >= 0.3 is 0 Å². The van der Waals surface area contributed by atoms with Crippen molar-refractivity contribution in [2.45, 2.75) is 66.2 Å². The first-order valence-corrected chi connectivity index (χ1v) is 6.88. The van der Waals surface area contributed by atoms with Gasteiger partial charge in [-0.15, -0.1) is 0 Å². The zero-order chi connectivity index (χ0) is 12.4. The van der Waals surface area contributed by atoms with E-state index < -0.39 is 0 Å². The second-order valence-electron chi connectivity index (χ2n) is 5.33. The van der Waals surface area contributed by atoms with E-state index in [-0.39, 0.29) is 6.61 Å². The Labute approximate surface area is 102 Å². The van der Waals surface area contributed by atoms with Gasteiger partial charge in [-0.3, -0.25) is 0 Å². The molecule has 0 aliphatic heterocycles. The third kappa shape index (κ3) is 8.96. The summed E-state index contributed by atoms with van der Waals surface area (Å²) in [6.07, 6.45) is 10.2. The van der Waals surface area contributed by atoms with Crippen molar-refractivity contribution in [1.82, 2.24) is 0 Å². The Hall–Kier alpha value is -0.300. The van der Waals surface area contributed by atoms with Crippen LogP contribution in [0.25, 0.3) is 0 Å². The molecule has 0 unspecified atom stereocenters. The van der Waals surface area contributed by atoms with Crippen molar-refractivity contribution < 1.29 is 5.11 Å². The second kappa shape index (κ2) is 9.89. The maximum Gasteiger partial charge on any atom is 0.0491 e. The highest BCUT2D eigenvalue weighted by Gasteiger charge is 2.04. The molecule has 0 radical (unpaired) electrons. The van der Waals surface area contributed by atoms with Crippen LogP contribution in [0.1, 0.15) is 66.2 Å². The molecular weight excluding hydrogens is 196 g/mol. The third-order valence-corrected chi connectivity index (χ3v) is 3.08. The van der Waals surface area contributed by atoms with Gasteiger partial charge in [0, 0.05) is 6.61 Å². The number of allylic oxidation sites excluding steroid dienone is 1. The molecule has 0 amide bonds. The Morgan fingerprint density at radius 2 is 1.88 bits per heavy atom. The van der Waals surface area contributed by atoms with E-state index in [0.29, 0.717) is 5.92 Å². The first kappa shape index (κ1) is 15.7. The van der Waals surface area contributed by atoms with Crippen LogP contribution in [0, 0.1) is 11.8 Å². The number of hydrogen-bond acceptors (Lipinski definition) is 1. The summed E-state index contributed by atoms with van der Waals surface area (Å²) in [4.78, 5) is 0. The standard InChI is InChI=1S/C15H30O/c1-5-6-7-8-9-13(2)10-14(3)11-15(4)12-16/h11,13,15-16H,5-10,12H2,1-4H3/b14-11+/t13-,15+/m1/s1. The fraction of sp³-hybridized carbons (Fsp3) is 0.867. The van der Waals surface area contributed by atoms with Gasteiger partial charge in [0.2, 0.25) is 0 Å². The number of unbranched alkanes of at least 4 members (excludes halogenated alkanes) is 3. The molecule has 0 spiro atoms. The molecule has 0 saturated heterocycles. The lowest BCUT2D eigenvalue weighted by atomic mass is 9.94. The lowest BCUT2D eigenvalue weighted by molar-refractivity contribution is 0.261. The molecule has 1 N–H and O–H groups in total. The molecule has 0 bridgehead atoms. The lowest BCUT2D eigenvalue weighted by Crippen LogP contribution is -2.00. The number of aliphatic hydroxyl groups is 1. The van der Waals surface area contributed by atoms with Crippen molar-refractivity contribution in [2.75, 3.05) is 6.61 Å². The van der Waals surface area contributed by atoms with E-state index in [0.717, 1.165) is 5.92 Å². The topological polar surface area (TPSA) is 20.2 Å². The molecule has 96 valence electrons. The van der Waals surface area contributed by atoms with Crippen molar-refractivity contribution in [2.24, 2.45) is 11.8 Å². The summed E-state index contributed by atoms with van der Waals surface area (Å²) in [5.41, 5.74) is 1.43. The zero-order valence-electron chi connectivity index (χ0n) is 11.6. The van der Waals surface area contributed by atoms with Gasteiger partial charge in [0.1, 0.15) is 0 Å². The van der Waals surface area contributed by atoms with Crippen LogP contribution in [0.15, 0.2) is 11.6 Å². The highest BCUT2D eigenvalue weighted by molar-refractivity contribution is 5.01. The van der Waals surface area contributed by atoms with Crippen LogP contribution in [0.3, 0.4) is 0 Å². The van der Waals surface area contributed by atoms with Gasteiger partial charge in [-0.25, -0.2) is 0 Å². The molecule has 0 aliphatic rings. The van der Waals surface area contributed by atoms with Gasteiger partial charge in [0.15, 0.2) is 0 Å². The molecule has 16 heavy (non-hydrogen) atoms. The summed E-state index contributed by atoms with van der Waals surface area (Å²) in [6.45, 7) is 9.12. The molecule has 0 heterocycles. The Balaban J connectivity index is 3.69. The molecule has 0 fully saturated rings. The van der Waals surface area contributed by atoms with Crippen LogP contribution >= 0.6 is 0 Å². The first-order valence-electron chi connectivity index (χ1n) is 6.88. The zero-order valence-corrected chi connectivity index (χ0v) is 11.6. The van der Waals surface area contributed by atoms with E-state index in [1.807, 2.05) is 0 Å². The molecule has 2 atom stereocenters. The summed E-state index contributed by atoms with van der Waals surface area (Å²) in [7, 11) is 0. The van der Waals surface area contributed by atoms with Crippen LogP contribution in [-0.4, -0.2) is 11.7 Å². The quantitative estimate of drug-likeness (QED) is 0.451. The van der Waals surface area contributed by atoms with Crippen LogP contribution < -0.4 is 0 Å². The molecule has 0 aromatic carbocycles. The van der Waals surface area contributed by atoms with Crippen molar-refractivity contribution >= 4 is 0 Å². The Kier molecular flexibility index (Phi) is 9.71. The van der Waals surface area contributed by atoms with Gasteiger partial charge in [-0.05, 0) is 25.2 Å². The number of hydrogen-bond donors (Lipinski definition) is 1. The van der Waals surface area contributed by atoms with Crippen molar-refractivity contribution in [3.8, 4) is 0 Å². The van der Waals surface area contributed by atoms with E-state index in [4.69, 9.17) is 5.11 Å². The first-order chi connectivity index (χ1) is 7.60. The summed E-state index contributed by atoms with van der Waals surface area (Å²) in [5.74, 6) is 1.10. The van der Waals surface area contributed by atoms with E-state index in [1.54, 1.807) is 0 Å². The van der Waals surface area contributed by atoms with Gasteiger partial charge in [-0.1, -0.05) is 64.5 Å². The maximum atomic E-state index is 8.97. The molecule has 0 aromatic rings. The minimum Gasteiger partial charge on any atom is -0.396 e. The smallest absolute Gasteiger partial charge is 0.0491 e. The summed E-state index contributed by atoms with van der Waals surface area (Å²) < 4.78 is 0. The van der Waals surface area contributed by atoms with Gasteiger partial charge < -0.3 is 5.11 Å². The number of rotatable bonds is 9. The van der Waals surface area contributed by atoms with Crippen molar-refractivity contribution in [3.63, 3.8) is 0 Å². The van der Waals surface area contributed by atoms with E-state index >= 15 is 0 Å². The van der Waals surface area contributed by atoms with Crippen LogP contribution in [-0.2, 0) is 0 Å². The van der Waals surface area contributed by atoms with Gasteiger partial charge in [0.25, 0.3) is 0 Å². The van der Waals surface area contributed by atoms with Gasteiger partial charge in [0.05, 0.1) is 0 Å².